The highest BCUT2D eigenvalue weighted by atomic mass is 16.3. The highest BCUT2D eigenvalue weighted by molar-refractivity contribution is 5.84. The zero-order valence-corrected chi connectivity index (χ0v) is 20.8. The number of fused-ring (bicyclic) bond motifs is 2. The summed E-state index contributed by atoms with van der Waals surface area (Å²) in [5, 5.41) is 23.8. The Morgan fingerprint density at radius 1 is 0.794 bits per heavy atom. The van der Waals surface area contributed by atoms with Crippen LogP contribution in [0, 0.1) is 5.92 Å². The molecule has 2 atom stereocenters. The molecule has 184 valence electrons. The number of benzene rings is 1. The van der Waals surface area contributed by atoms with Gasteiger partial charge in [-0.1, -0.05) is 12.1 Å². The lowest BCUT2D eigenvalue weighted by molar-refractivity contribution is 0.151. The van der Waals surface area contributed by atoms with Gasteiger partial charge in [0.15, 0.2) is 0 Å². The van der Waals surface area contributed by atoms with Crippen LogP contribution in [0.1, 0.15) is 86.5 Å². The number of aryl methyl sites for hydroxylation is 1. The Labute approximate surface area is 205 Å². The Morgan fingerprint density at radius 2 is 1.47 bits per heavy atom. The molecule has 6 rings (SSSR count). The van der Waals surface area contributed by atoms with Crippen LogP contribution >= 0.6 is 0 Å². The van der Waals surface area contributed by atoms with E-state index in [0.29, 0.717) is 5.75 Å². The van der Waals surface area contributed by atoms with Gasteiger partial charge in [-0.2, -0.15) is 0 Å². The predicted octanol–water partition coefficient (Wildman–Crippen LogP) is 5.21. The van der Waals surface area contributed by atoms with E-state index in [1.54, 1.807) is 0 Å². The number of aliphatic hydroxyl groups excluding tert-OH is 1. The molecule has 0 bridgehead atoms. The number of rotatable bonds is 5. The molecule has 2 N–H and O–H groups in total. The summed E-state index contributed by atoms with van der Waals surface area (Å²) in [6.07, 6.45) is 16.1. The fourth-order valence-electron chi connectivity index (χ4n) is 7.43. The van der Waals surface area contributed by atoms with Crippen LogP contribution in [-0.2, 0) is 19.4 Å². The molecule has 1 saturated carbocycles. The summed E-state index contributed by atoms with van der Waals surface area (Å²) in [5.41, 5.74) is 8.80. The van der Waals surface area contributed by atoms with Gasteiger partial charge >= 0.3 is 0 Å². The summed E-state index contributed by atoms with van der Waals surface area (Å²) in [5.74, 6) is 0.603. The minimum absolute atomic E-state index is 0.130. The van der Waals surface area contributed by atoms with Crippen LogP contribution in [0.3, 0.4) is 0 Å². The van der Waals surface area contributed by atoms with Gasteiger partial charge in [-0.15, -0.1) is 0 Å². The molecular formula is C30H42N2O2. The van der Waals surface area contributed by atoms with E-state index >= 15 is 0 Å². The molecule has 5 aliphatic rings. The normalized spacial score (nSPS) is 28.2. The van der Waals surface area contributed by atoms with Gasteiger partial charge in [0.05, 0.1) is 6.10 Å². The number of hydrogen-bond acceptors (Lipinski definition) is 4. The predicted molar refractivity (Wildman–Crippen MR) is 138 cm³/mol. The Hall–Kier alpha value is -1.62. The monoisotopic (exact) mass is 462 g/mol. The van der Waals surface area contributed by atoms with Crippen molar-refractivity contribution in [3.8, 4) is 5.75 Å². The van der Waals surface area contributed by atoms with E-state index in [9.17, 15) is 10.2 Å². The molecule has 0 radical (unpaired) electrons. The summed E-state index contributed by atoms with van der Waals surface area (Å²) in [7, 11) is 0. The van der Waals surface area contributed by atoms with E-state index in [1.165, 1.54) is 73.6 Å². The largest absolute Gasteiger partial charge is 0.507 e. The number of phenolic OH excluding ortho intramolecular Hbond substituents is 1. The molecular weight excluding hydrogens is 420 g/mol. The summed E-state index contributed by atoms with van der Waals surface area (Å²) in [6, 6.07) is 2.31. The molecule has 34 heavy (non-hydrogen) atoms. The molecule has 2 saturated heterocycles. The summed E-state index contributed by atoms with van der Waals surface area (Å²) in [4.78, 5) is 5.03. The van der Waals surface area contributed by atoms with E-state index in [1.807, 2.05) is 0 Å². The summed E-state index contributed by atoms with van der Waals surface area (Å²) < 4.78 is 0. The van der Waals surface area contributed by atoms with Gasteiger partial charge in [-0.3, -0.25) is 4.90 Å². The van der Waals surface area contributed by atoms with Crippen LogP contribution in [-0.4, -0.2) is 58.8 Å². The number of phenols is 1. The van der Waals surface area contributed by atoms with Crippen molar-refractivity contribution in [2.75, 3.05) is 32.7 Å². The van der Waals surface area contributed by atoms with Crippen molar-refractivity contribution in [3.63, 3.8) is 0 Å². The standard InChI is InChI=1S/C30H42N2O2/c33-29-23(19-31-13-5-6-14-31)17-21-9-1-3-11-25(21)27(29)28-26-12-4-2-10-22(26)18-24(30(28)34)20-32-15-7-8-16-32/h17-18,23,29,33-34H,1-16,19-20H2. The second-order valence-corrected chi connectivity index (χ2v) is 11.5. The minimum atomic E-state index is -0.517. The highest BCUT2D eigenvalue weighted by Crippen LogP contribution is 2.48. The van der Waals surface area contributed by atoms with Gasteiger partial charge in [-0.05, 0) is 131 Å². The first kappa shape index (κ1) is 22.8. The molecule has 1 aromatic carbocycles. The lowest BCUT2D eigenvalue weighted by Crippen LogP contribution is -2.36. The highest BCUT2D eigenvalue weighted by Gasteiger charge is 2.37. The lowest BCUT2D eigenvalue weighted by Gasteiger charge is -2.37. The van der Waals surface area contributed by atoms with Gasteiger partial charge < -0.3 is 15.1 Å². The molecule has 3 fully saturated rings. The molecule has 4 heteroatoms. The van der Waals surface area contributed by atoms with Crippen molar-refractivity contribution in [3.05, 3.63) is 45.5 Å². The van der Waals surface area contributed by atoms with Gasteiger partial charge in [0.1, 0.15) is 5.75 Å². The first-order chi connectivity index (χ1) is 16.7. The van der Waals surface area contributed by atoms with E-state index in [2.05, 4.69) is 21.9 Å². The number of aliphatic hydroxyl groups is 1. The molecule has 2 aliphatic heterocycles. The number of nitrogens with zero attached hydrogens (tertiary/aromatic N) is 2. The molecule has 1 aromatic rings. The van der Waals surface area contributed by atoms with Crippen LogP contribution in [0.15, 0.2) is 23.3 Å². The van der Waals surface area contributed by atoms with Crippen LogP contribution in [0.4, 0.5) is 0 Å². The Bertz CT molecular complexity index is 982. The Balaban J connectivity index is 1.45. The average molecular weight is 463 g/mol. The maximum absolute atomic E-state index is 11.9. The van der Waals surface area contributed by atoms with Crippen LogP contribution in [0.25, 0.3) is 5.57 Å². The second-order valence-electron chi connectivity index (χ2n) is 11.5. The minimum Gasteiger partial charge on any atom is -0.507 e. The number of aromatic hydroxyl groups is 1. The quantitative estimate of drug-likeness (QED) is 0.631. The maximum atomic E-state index is 11.9. The Morgan fingerprint density at radius 3 is 2.26 bits per heavy atom. The topological polar surface area (TPSA) is 46.9 Å². The SMILES string of the molecule is Oc1c(CN2CCCC2)cc2c(c1C1=C3CCCCC3=CC(CN3CCCC3)C1O)CCCC2. The lowest BCUT2D eigenvalue weighted by atomic mass is 9.71. The van der Waals surface area contributed by atoms with E-state index in [4.69, 9.17) is 0 Å². The first-order valence-corrected chi connectivity index (χ1v) is 14.1. The fraction of sp³-hybridized carbons (Fsp3) is 0.667. The van der Waals surface area contributed by atoms with Crippen molar-refractivity contribution >= 4 is 5.57 Å². The van der Waals surface area contributed by atoms with Crippen molar-refractivity contribution in [2.45, 2.75) is 89.7 Å². The third-order valence-electron chi connectivity index (χ3n) is 9.18. The smallest absolute Gasteiger partial charge is 0.127 e. The molecule has 0 spiro atoms. The zero-order valence-electron chi connectivity index (χ0n) is 20.8. The third kappa shape index (κ3) is 4.27. The Kier molecular flexibility index (Phi) is 6.57. The molecule has 2 unspecified atom stereocenters. The van der Waals surface area contributed by atoms with E-state index in [-0.39, 0.29) is 5.92 Å². The van der Waals surface area contributed by atoms with Gasteiger partial charge in [0, 0.05) is 30.1 Å². The van der Waals surface area contributed by atoms with Crippen molar-refractivity contribution in [2.24, 2.45) is 5.92 Å². The summed E-state index contributed by atoms with van der Waals surface area (Å²) in [6.45, 7) is 6.36. The zero-order chi connectivity index (χ0) is 23.1. The van der Waals surface area contributed by atoms with Crippen LogP contribution < -0.4 is 0 Å². The molecule has 0 aromatic heterocycles. The maximum Gasteiger partial charge on any atom is 0.127 e. The van der Waals surface area contributed by atoms with Gasteiger partial charge in [-0.25, -0.2) is 0 Å². The fourth-order valence-corrected chi connectivity index (χ4v) is 7.43. The third-order valence-corrected chi connectivity index (χ3v) is 9.18. The van der Waals surface area contributed by atoms with Gasteiger partial charge in [0.25, 0.3) is 0 Å². The number of allylic oxidation sites excluding steroid dienone is 2. The molecule has 4 nitrogen and oxygen atoms in total. The van der Waals surface area contributed by atoms with E-state index < -0.39 is 6.10 Å². The van der Waals surface area contributed by atoms with E-state index in [0.717, 1.165) is 81.7 Å². The average Bonchev–Trinajstić information content (AvgIpc) is 3.56. The number of likely N-dealkylation sites (tertiary alicyclic amines) is 2. The second kappa shape index (κ2) is 9.79. The van der Waals surface area contributed by atoms with Crippen molar-refractivity contribution in [1.29, 1.82) is 0 Å². The molecule has 2 heterocycles. The van der Waals surface area contributed by atoms with Crippen LogP contribution in [0.2, 0.25) is 0 Å². The van der Waals surface area contributed by atoms with Crippen molar-refractivity contribution < 1.29 is 10.2 Å². The van der Waals surface area contributed by atoms with Crippen LogP contribution in [0.5, 0.6) is 5.75 Å². The summed E-state index contributed by atoms with van der Waals surface area (Å²) >= 11 is 0. The molecule has 3 aliphatic carbocycles. The van der Waals surface area contributed by atoms with Crippen molar-refractivity contribution in [1.82, 2.24) is 9.80 Å². The van der Waals surface area contributed by atoms with Gasteiger partial charge in [0.2, 0.25) is 0 Å². The molecule has 0 amide bonds. The first-order valence-electron chi connectivity index (χ1n) is 14.1. The number of hydrogen-bond donors (Lipinski definition) is 2.